The van der Waals surface area contributed by atoms with Gasteiger partial charge in [0, 0.05) is 39.8 Å². The second kappa shape index (κ2) is 10.4. The van der Waals surface area contributed by atoms with Gasteiger partial charge in [0.05, 0.1) is 23.4 Å². The Kier molecular flexibility index (Phi) is 7.29. The number of anilines is 1. The Morgan fingerprint density at radius 3 is 2.44 bits per heavy atom. The lowest BCUT2D eigenvalue weighted by atomic mass is 10.00. The molecule has 1 saturated carbocycles. The molecule has 6 nitrogen and oxygen atoms in total. The van der Waals surface area contributed by atoms with Gasteiger partial charge in [-0.05, 0) is 72.4 Å². The molecule has 0 radical (unpaired) electrons. The smallest absolute Gasteiger partial charge is 0.417 e. The van der Waals surface area contributed by atoms with Gasteiger partial charge in [0.25, 0.3) is 5.91 Å². The third-order valence-electron chi connectivity index (χ3n) is 6.53. The average Bonchev–Trinajstić information content (AvgIpc) is 3.67. The summed E-state index contributed by atoms with van der Waals surface area (Å²) in [5, 5.41) is 3.02. The van der Waals surface area contributed by atoms with Crippen LogP contribution in [-0.2, 0) is 24.0 Å². The van der Waals surface area contributed by atoms with Gasteiger partial charge in [-0.3, -0.25) is 13.3 Å². The molecule has 1 fully saturated rings. The fourth-order valence-corrected chi connectivity index (χ4v) is 5.56. The second-order valence-electron chi connectivity index (χ2n) is 9.14. The Labute approximate surface area is 231 Å². The monoisotopic (exact) mass is 623 g/mol. The molecule has 5 rings (SSSR count). The first-order valence-corrected chi connectivity index (χ1v) is 13.6. The summed E-state index contributed by atoms with van der Waals surface area (Å²) in [6.45, 7) is -0.356. The van der Waals surface area contributed by atoms with Gasteiger partial charge >= 0.3 is 6.18 Å². The number of nitrogens with zero attached hydrogens (tertiary/aromatic N) is 1. The van der Waals surface area contributed by atoms with Crippen molar-refractivity contribution < 1.29 is 35.5 Å². The highest BCUT2D eigenvalue weighted by molar-refractivity contribution is 9.10. The maximum atomic E-state index is 13.6. The number of nitrogens with one attached hydrogen (secondary N) is 1. The summed E-state index contributed by atoms with van der Waals surface area (Å²) < 4.78 is 85.7. The second-order valence-corrected chi connectivity index (χ2v) is 10.9. The first-order valence-electron chi connectivity index (χ1n) is 11.8. The topological polar surface area (TPSA) is 85.6 Å². The predicted octanol–water partition coefficient (Wildman–Crippen LogP) is 7.06. The minimum absolute atomic E-state index is 0.00723. The van der Waals surface area contributed by atoms with Crippen molar-refractivity contribution in [1.82, 2.24) is 5.32 Å². The summed E-state index contributed by atoms with van der Waals surface area (Å²) in [5.74, 6) is -0.722. The minimum atomic E-state index is -4.63. The lowest BCUT2D eigenvalue weighted by molar-refractivity contribution is -0.138. The van der Waals surface area contributed by atoms with Gasteiger partial charge in [-0.1, -0.05) is 22.0 Å². The SMILES string of the molecule is CNC(=O)c1c(-c2ccc(F)cc2)oc2cc(N(Cc3ccc(Br)c(C(F)(F)F)c3)S(=O)[O-])c(C3CC3)cc12. The van der Waals surface area contributed by atoms with E-state index in [4.69, 9.17) is 4.42 Å². The zero-order valence-electron chi connectivity index (χ0n) is 20.3. The number of rotatable bonds is 7. The van der Waals surface area contributed by atoms with Crippen molar-refractivity contribution in [3.05, 3.63) is 87.1 Å². The van der Waals surface area contributed by atoms with Gasteiger partial charge in [-0.25, -0.2) is 4.39 Å². The van der Waals surface area contributed by atoms with Crippen molar-refractivity contribution in [1.29, 1.82) is 0 Å². The van der Waals surface area contributed by atoms with E-state index < -0.39 is 34.7 Å². The fraction of sp³-hybridized carbons (Fsp3) is 0.222. The van der Waals surface area contributed by atoms with Crippen LogP contribution in [0.25, 0.3) is 22.3 Å². The van der Waals surface area contributed by atoms with Gasteiger partial charge in [-0.15, -0.1) is 0 Å². The van der Waals surface area contributed by atoms with Crippen LogP contribution in [0.2, 0.25) is 0 Å². The highest BCUT2D eigenvalue weighted by Gasteiger charge is 2.34. The maximum Gasteiger partial charge on any atom is 0.417 e. The first kappa shape index (κ1) is 27.4. The fourth-order valence-electron chi connectivity index (χ4n) is 4.51. The zero-order valence-corrected chi connectivity index (χ0v) is 22.7. The summed E-state index contributed by atoms with van der Waals surface area (Å²) in [6, 6.07) is 12.1. The Morgan fingerprint density at radius 1 is 1.15 bits per heavy atom. The molecule has 1 aliphatic carbocycles. The molecular weight excluding hydrogens is 604 g/mol. The zero-order chi connectivity index (χ0) is 28.1. The Balaban J connectivity index is 1.66. The molecule has 39 heavy (non-hydrogen) atoms. The van der Waals surface area contributed by atoms with Crippen LogP contribution in [0.1, 0.15) is 45.8 Å². The molecule has 1 unspecified atom stereocenters. The lowest BCUT2D eigenvalue weighted by Crippen LogP contribution is -2.26. The molecule has 4 aromatic rings. The van der Waals surface area contributed by atoms with E-state index in [0.717, 1.165) is 23.2 Å². The highest BCUT2D eigenvalue weighted by Crippen LogP contribution is 2.48. The minimum Gasteiger partial charge on any atom is -0.755 e. The number of hydrogen-bond acceptors (Lipinski definition) is 4. The van der Waals surface area contributed by atoms with Crippen LogP contribution in [0.15, 0.2) is 63.5 Å². The number of amides is 1. The van der Waals surface area contributed by atoms with Crippen LogP contribution in [-0.4, -0.2) is 21.7 Å². The molecule has 1 N–H and O–H groups in total. The summed E-state index contributed by atoms with van der Waals surface area (Å²) in [6.07, 6.45) is -3.06. The van der Waals surface area contributed by atoms with Crippen LogP contribution in [0, 0.1) is 5.82 Å². The van der Waals surface area contributed by atoms with Crippen molar-refractivity contribution in [2.45, 2.75) is 31.5 Å². The Bertz CT molecular complexity index is 1600. The van der Waals surface area contributed by atoms with Crippen LogP contribution in [0.3, 0.4) is 0 Å². The normalized spacial score (nSPS) is 14.4. The van der Waals surface area contributed by atoms with E-state index in [1.807, 2.05) is 0 Å². The number of hydrogen-bond donors (Lipinski definition) is 1. The van der Waals surface area contributed by atoms with Gasteiger partial charge in [0.1, 0.15) is 17.2 Å². The van der Waals surface area contributed by atoms with E-state index >= 15 is 0 Å². The van der Waals surface area contributed by atoms with Gasteiger partial charge < -0.3 is 14.3 Å². The molecule has 3 aromatic carbocycles. The van der Waals surface area contributed by atoms with Crippen molar-refractivity contribution >= 4 is 49.8 Å². The van der Waals surface area contributed by atoms with E-state index in [9.17, 15) is 31.1 Å². The Morgan fingerprint density at radius 2 is 1.85 bits per heavy atom. The standard InChI is InChI=1S/C27H21BrF4N2O4S/c1-33-26(35)24-19-11-18(15-3-4-15)22(12-23(19)38-25(24)16-5-7-17(29)8-6-16)34(39(36)37)13-14-2-9-21(28)20(10-14)27(30,31)32/h2,5-12,15H,3-4,13H2,1H3,(H,33,35)(H,36,37)/p-1. The summed E-state index contributed by atoms with van der Waals surface area (Å²) >= 11 is 0.0513. The number of benzene rings is 3. The first-order chi connectivity index (χ1) is 18.5. The lowest BCUT2D eigenvalue weighted by Gasteiger charge is -2.29. The third kappa shape index (κ3) is 5.45. The van der Waals surface area contributed by atoms with Crippen molar-refractivity contribution in [2.24, 2.45) is 0 Å². The number of fused-ring (bicyclic) bond motifs is 1. The van der Waals surface area contributed by atoms with E-state index in [1.54, 1.807) is 6.07 Å². The third-order valence-corrected chi connectivity index (χ3v) is 7.90. The van der Waals surface area contributed by atoms with Crippen LogP contribution < -0.4 is 9.62 Å². The molecule has 1 aliphatic rings. The molecule has 0 saturated heterocycles. The van der Waals surface area contributed by atoms with Crippen molar-refractivity contribution in [3.63, 3.8) is 0 Å². The maximum absolute atomic E-state index is 13.6. The molecule has 1 heterocycles. The van der Waals surface area contributed by atoms with E-state index in [2.05, 4.69) is 21.2 Å². The summed E-state index contributed by atoms with van der Waals surface area (Å²) in [5.41, 5.74) is 0.960. The number of carbonyl (C=O) groups excluding carboxylic acids is 1. The van der Waals surface area contributed by atoms with Crippen molar-refractivity contribution in [3.8, 4) is 11.3 Å². The molecule has 12 heteroatoms. The average molecular weight is 624 g/mol. The quantitative estimate of drug-likeness (QED) is 0.176. The van der Waals surface area contributed by atoms with Crippen molar-refractivity contribution in [2.75, 3.05) is 11.4 Å². The molecule has 0 spiro atoms. The molecule has 1 aromatic heterocycles. The number of furan rings is 1. The largest absolute Gasteiger partial charge is 0.755 e. The Hall–Kier alpha value is -3.22. The highest BCUT2D eigenvalue weighted by atomic mass is 79.9. The molecule has 0 aliphatic heterocycles. The predicted molar refractivity (Wildman–Crippen MR) is 141 cm³/mol. The van der Waals surface area contributed by atoms with E-state index in [-0.39, 0.29) is 45.1 Å². The summed E-state index contributed by atoms with van der Waals surface area (Å²) in [4.78, 5) is 12.9. The summed E-state index contributed by atoms with van der Waals surface area (Å²) in [7, 11) is 1.46. The molecule has 204 valence electrons. The van der Waals surface area contributed by atoms with E-state index in [0.29, 0.717) is 16.5 Å². The van der Waals surface area contributed by atoms with Gasteiger partial charge in [0.15, 0.2) is 0 Å². The molecule has 0 bridgehead atoms. The van der Waals surface area contributed by atoms with Gasteiger partial charge in [0.2, 0.25) is 0 Å². The van der Waals surface area contributed by atoms with Crippen LogP contribution in [0.4, 0.5) is 23.2 Å². The number of alkyl halides is 3. The van der Waals surface area contributed by atoms with E-state index in [1.165, 1.54) is 49.5 Å². The number of carbonyl (C=O) groups is 1. The number of halogens is 5. The van der Waals surface area contributed by atoms with Gasteiger partial charge in [-0.2, -0.15) is 13.2 Å². The van der Waals surface area contributed by atoms with Crippen LogP contribution in [0.5, 0.6) is 0 Å². The molecular formula is C27H20BrF4N2O4S-. The molecule has 1 amide bonds. The van der Waals surface area contributed by atoms with Crippen LogP contribution >= 0.6 is 15.9 Å². The molecule has 1 atom stereocenters.